The van der Waals surface area contributed by atoms with Gasteiger partial charge in [-0.15, -0.1) is 13.2 Å². The van der Waals surface area contributed by atoms with E-state index in [0.29, 0.717) is 11.6 Å². The first-order chi connectivity index (χ1) is 11.1. The molecule has 0 unspecified atom stereocenters. The van der Waals surface area contributed by atoms with Gasteiger partial charge in [0, 0.05) is 11.6 Å². The molecule has 0 aromatic heterocycles. The van der Waals surface area contributed by atoms with Crippen LogP contribution in [0, 0.1) is 0 Å². The highest BCUT2D eigenvalue weighted by molar-refractivity contribution is 7.87. The van der Waals surface area contributed by atoms with Crippen LogP contribution >= 0.6 is 0 Å². The van der Waals surface area contributed by atoms with Crippen LogP contribution in [0.1, 0.15) is 17.3 Å². The Balaban J connectivity index is 2.24. The minimum absolute atomic E-state index is 0.0813. The van der Waals surface area contributed by atoms with E-state index in [9.17, 15) is 26.4 Å². The first kappa shape index (κ1) is 17.8. The number of alkyl halides is 3. The number of Topliss-reactive ketones (excluding diaryl/α,β-unsaturated/α-hetero) is 1. The Labute approximate surface area is 135 Å². The molecule has 24 heavy (non-hydrogen) atoms. The molecule has 0 saturated carbocycles. The fraction of sp³-hybridized carbons (Fsp3) is 0.133. The third-order valence-electron chi connectivity index (χ3n) is 2.79. The van der Waals surface area contributed by atoms with Gasteiger partial charge in [0.05, 0.1) is 0 Å². The highest BCUT2D eigenvalue weighted by atomic mass is 32.2. The van der Waals surface area contributed by atoms with Crippen molar-refractivity contribution in [2.45, 2.75) is 18.2 Å². The summed E-state index contributed by atoms with van der Waals surface area (Å²) in [5.41, 5.74) is 0.361. The third kappa shape index (κ3) is 4.72. The van der Waals surface area contributed by atoms with Gasteiger partial charge in [-0.05, 0) is 43.3 Å². The molecule has 2 aromatic carbocycles. The maximum atomic E-state index is 12.2. The molecule has 0 amide bonds. The maximum Gasteiger partial charge on any atom is 0.573 e. The van der Waals surface area contributed by atoms with Gasteiger partial charge in [0.1, 0.15) is 16.4 Å². The van der Waals surface area contributed by atoms with Crippen LogP contribution in [-0.2, 0) is 10.1 Å². The lowest BCUT2D eigenvalue weighted by Gasteiger charge is -2.11. The normalized spacial score (nSPS) is 11.8. The van der Waals surface area contributed by atoms with Gasteiger partial charge in [0.15, 0.2) is 5.78 Å². The molecule has 0 bridgehead atoms. The summed E-state index contributed by atoms with van der Waals surface area (Å²) in [6.07, 6.45) is -4.94. The number of carbonyl (C=O) groups is 1. The lowest BCUT2D eigenvalue weighted by atomic mass is 10.1. The molecule has 0 heterocycles. The Kier molecular flexibility index (Phi) is 4.83. The lowest BCUT2D eigenvalue weighted by molar-refractivity contribution is -0.274. The van der Waals surface area contributed by atoms with E-state index in [0.717, 1.165) is 18.2 Å². The van der Waals surface area contributed by atoms with Crippen LogP contribution in [0.4, 0.5) is 13.2 Å². The second-order valence-electron chi connectivity index (χ2n) is 4.64. The average molecular weight is 360 g/mol. The average Bonchev–Trinajstić information content (AvgIpc) is 2.46. The highest BCUT2D eigenvalue weighted by Crippen LogP contribution is 2.26. The number of halogens is 3. The number of ketones is 1. The monoisotopic (exact) mass is 360 g/mol. The molecule has 0 aliphatic heterocycles. The summed E-state index contributed by atoms with van der Waals surface area (Å²) in [4.78, 5) is 10.7. The van der Waals surface area contributed by atoms with Crippen LogP contribution in [0.5, 0.6) is 11.5 Å². The van der Waals surface area contributed by atoms with Gasteiger partial charge < -0.3 is 8.92 Å². The number of rotatable bonds is 5. The van der Waals surface area contributed by atoms with Gasteiger partial charge in [-0.25, -0.2) is 0 Å². The van der Waals surface area contributed by atoms with Gasteiger partial charge in [0.25, 0.3) is 0 Å². The van der Waals surface area contributed by atoms with Crippen LogP contribution < -0.4 is 8.92 Å². The minimum Gasteiger partial charge on any atom is -0.406 e. The van der Waals surface area contributed by atoms with Crippen molar-refractivity contribution in [2.24, 2.45) is 0 Å². The van der Waals surface area contributed by atoms with E-state index in [1.54, 1.807) is 0 Å². The SMILES string of the molecule is CC(=O)c1ccc(OS(=O)(=O)c2cccc(OC(F)(F)F)c2)cc1. The minimum atomic E-state index is -4.94. The Morgan fingerprint density at radius 2 is 1.62 bits per heavy atom. The molecule has 0 aliphatic rings. The molecule has 2 rings (SSSR count). The smallest absolute Gasteiger partial charge is 0.406 e. The second kappa shape index (κ2) is 6.52. The standard InChI is InChI=1S/C15H11F3O5S/c1-10(19)11-5-7-12(8-6-11)23-24(20,21)14-4-2-3-13(9-14)22-15(16,17)18/h2-9H,1H3. The van der Waals surface area contributed by atoms with Gasteiger partial charge in [-0.2, -0.15) is 8.42 Å². The first-order valence-corrected chi connectivity index (χ1v) is 7.89. The second-order valence-corrected chi connectivity index (χ2v) is 6.19. The molecule has 0 saturated heterocycles. The number of hydrogen-bond acceptors (Lipinski definition) is 5. The summed E-state index contributed by atoms with van der Waals surface area (Å²) in [5, 5.41) is 0. The van der Waals surface area contributed by atoms with Crippen molar-refractivity contribution in [1.29, 1.82) is 0 Å². The summed E-state index contributed by atoms with van der Waals surface area (Å²) >= 11 is 0. The predicted molar refractivity (Wildman–Crippen MR) is 77.4 cm³/mol. The molecule has 0 radical (unpaired) electrons. The molecular weight excluding hydrogens is 349 g/mol. The molecule has 0 N–H and O–H groups in total. The van der Waals surface area contributed by atoms with E-state index in [4.69, 9.17) is 4.18 Å². The first-order valence-electron chi connectivity index (χ1n) is 6.48. The summed E-state index contributed by atoms with van der Waals surface area (Å²) < 4.78 is 69.3. The molecule has 9 heteroatoms. The molecule has 2 aromatic rings. The van der Waals surface area contributed by atoms with Crippen molar-refractivity contribution in [2.75, 3.05) is 0 Å². The van der Waals surface area contributed by atoms with Crippen LogP contribution in [0.25, 0.3) is 0 Å². The third-order valence-corrected chi connectivity index (χ3v) is 4.04. The number of ether oxygens (including phenoxy) is 1. The van der Waals surface area contributed by atoms with E-state index in [2.05, 4.69) is 4.74 Å². The quantitative estimate of drug-likeness (QED) is 0.602. The van der Waals surface area contributed by atoms with Gasteiger partial charge in [-0.3, -0.25) is 4.79 Å². The fourth-order valence-electron chi connectivity index (χ4n) is 1.75. The zero-order valence-electron chi connectivity index (χ0n) is 12.2. The van der Waals surface area contributed by atoms with Gasteiger partial charge >= 0.3 is 16.5 Å². The molecule has 5 nitrogen and oxygen atoms in total. The molecule has 0 aliphatic carbocycles. The van der Waals surface area contributed by atoms with Crippen LogP contribution in [-0.4, -0.2) is 20.6 Å². The molecular formula is C15H11F3O5S. The molecule has 0 atom stereocenters. The summed E-state index contributed by atoms with van der Waals surface area (Å²) in [5.74, 6) is -0.970. The van der Waals surface area contributed by atoms with Crippen LogP contribution in [0.2, 0.25) is 0 Å². The van der Waals surface area contributed by atoms with E-state index in [-0.39, 0.29) is 11.5 Å². The van der Waals surface area contributed by atoms with Crippen LogP contribution in [0.3, 0.4) is 0 Å². The summed E-state index contributed by atoms with van der Waals surface area (Å²) in [6.45, 7) is 1.35. The van der Waals surface area contributed by atoms with E-state index < -0.39 is 27.1 Å². The largest absolute Gasteiger partial charge is 0.573 e. The summed E-state index contributed by atoms with van der Waals surface area (Å²) in [7, 11) is -4.36. The van der Waals surface area contributed by atoms with Crippen molar-refractivity contribution in [3.8, 4) is 11.5 Å². The topological polar surface area (TPSA) is 69.7 Å². The van der Waals surface area contributed by atoms with Crippen molar-refractivity contribution in [1.82, 2.24) is 0 Å². The predicted octanol–water partition coefficient (Wildman–Crippen LogP) is 3.56. The Bertz CT molecular complexity index is 842. The van der Waals surface area contributed by atoms with Gasteiger partial charge in [-0.1, -0.05) is 6.07 Å². The molecule has 128 valence electrons. The van der Waals surface area contributed by atoms with Crippen molar-refractivity contribution in [3.63, 3.8) is 0 Å². The maximum absolute atomic E-state index is 12.2. The Hall–Kier alpha value is -2.55. The van der Waals surface area contributed by atoms with Crippen molar-refractivity contribution >= 4 is 15.9 Å². The summed E-state index contributed by atoms with van der Waals surface area (Å²) in [6, 6.07) is 9.11. The zero-order valence-corrected chi connectivity index (χ0v) is 13.0. The number of benzene rings is 2. The number of carbonyl (C=O) groups excluding carboxylic acids is 1. The molecule has 0 fully saturated rings. The van der Waals surface area contributed by atoms with Crippen LogP contribution in [0.15, 0.2) is 53.4 Å². The fourth-order valence-corrected chi connectivity index (χ4v) is 2.71. The van der Waals surface area contributed by atoms with Crippen molar-refractivity contribution < 1.29 is 35.3 Å². The van der Waals surface area contributed by atoms with E-state index in [1.807, 2.05) is 0 Å². The Morgan fingerprint density at radius 1 is 1.00 bits per heavy atom. The zero-order chi connectivity index (χ0) is 18.0. The number of hydrogen-bond donors (Lipinski definition) is 0. The van der Waals surface area contributed by atoms with Gasteiger partial charge in [0.2, 0.25) is 0 Å². The molecule has 0 spiro atoms. The van der Waals surface area contributed by atoms with E-state index in [1.165, 1.54) is 31.2 Å². The highest BCUT2D eigenvalue weighted by Gasteiger charge is 2.31. The lowest BCUT2D eigenvalue weighted by Crippen LogP contribution is -2.17. The Morgan fingerprint density at radius 3 is 2.17 bits per heavy atom. The van der Waals surface area contributed by atoms with Crippen molar-refractivity contribution in [3.05, 3.63) is 54.1 Å². The van der Waals surface area contributed by atoms with E-state index >= 15 is 0 Å².